The van der Waals surface area contributed by atoms with Crippen molar-refractivity contribution in [1.29, 1.82) is 0 Å². The van der Waals surface area contributed by atoms with Crippen LogP contribution in [0, 0.1) is 0 Å². The van der Waals surface area contributed by atoms with Gasteiger partial charge >= 0.3 is 5.97 Å². The predicted molar refractivity (Wildman–Crippen MR) is 97.9 cm³/mol. The molecule has 4 N–H and O–H groups in total. The molecule has 0 saturated heterocycles. The number of carboxylic acid groups (broad SMARTS) is 1. The summed E-state index contributed by atoms with van der Waals surface area (Å²) in [5, 5.41) is 18.0. The highest BCUT2D eigenvalue weighted by Gasteiger charge is 2.38. The zero-order valence-corrected chi connectivity index (χ0v) is 15.4. The third-order valence-electron chi connectivity index (χ3n) is 4.54. The number of aromatic nitrogens is 5. The molecule has 3 aromatic heterocycles. The summed E-state index contributed by atoms with van der Waals surface area (Å²) in [6.45, 7) is 4.06. The van der Waals surface area contributed by atoms with Crippen molar-refractivity contribution >= 4 is 29.0 Å². The number of nitrogen functional groups attached to an aromatic ring is 1. The number of hydrogen-bond donors (Lipinski definition) is 3. The minimum Gasteiger partial charge on any atom is -0.476 e. The van der Waals surface area contributed by atoms with Crippen molar-refractivity contribution in [3.8, 4) is 11.4 Å². The summed E-state index contributed by atoms with van der Waals surface area (Å²) in [7, 11) is 0. The highest BCUT2D eigenvalue weighted by molar-refractivity contribution is 7.09. The fourth-order valence-electron chi connectivity index (χ4n) is 3.41. The minimum atomic E-state index is -1.11. The van der Waals surface area contributed by atoms with Gasteiger partial charge in [0, 0.05) is 17.1 Å². The van der Waals surface area contributed by atoms with Crippen molar-refractivity contribution in [2.45, 2.75) is 32.1 Å². The van der Waals surface area contributed by atoms with Crippen molar-refractivity contribution in [3.63, 3.8) is 0 Å². The van der Waals surface area contributed by atoms with Crippen molar-refractivity contribution in [3.05, 3.63) is 39.1 Å². The zero-order valence-electron chi connectivity index (χ0n) is 14.6. The van der Waals surface area contributed by atoms with Gasteiger partial charge in [0.05, 0.1) is 12.1 Å². The molecular weight excluding hydrogens is 368 g/mol. The minimum absolute atomic E-state index is 0.00142. The molecule has 0 amide bonds. The van der Waals surface area contributed by atoms with Crippen LogP contribution in [-0.4, -0.2) is 42.0 Å². The van der Waals surface area contributed by atoms with Gasteiger partial charge in [-0.2, -0.15) is 5.10 Å². The maximum atomic E-state index is 12.9. The van der Waals surface area contributed by atoms with Crippen molar-refractivity contribution < 1.29 is 14.7 Å². The number of nitrogens with zero attached hydrogens (tertiary/aromatic N) is 4. The van der Waals surface area contributed by atoms with E-state index >= 15 is 0 Å². The number of Topliss-reactive ketones (excluding diaryl/α,β-unsaturated/α-hetero) is 1. The Morgan fingerprint density at radius 1 is 1.33 bits per heavy atom. The summed E-state index contributed by atoms with van der Waals surface area (Å²) >= 11 is 1.15. The van der Waals surface area contributed by atoms with E-state index in [9.17, 15) is 9.59 Å². The Bertz CT molecular complexity index is 1080. The van der Waals surface area contributed by atoms with Gasteiger partial charge in [0.1, 0.15) is 16.4 Å². The molecule has 1 aliphatic rings. The molecule has 0 spiro atoms. The maximum absolute atomic E-state index is 12.9. The quantitative estimate of drug-likeness (QED) is 0.577. The monoisotopic (exact) mass is 384 g/mol. The number of aromatic carboxylic acids is 1. The Kier molecular flexibility index (Phi) is 3.81. The van der Waals surface area contributed by atoms with E-state index in [1.54, 1.807) is 6.20 Å². The van der Waals surface area contributed by atoms with Crippen LogP contribution in [0.5, 0.6) is 0 Å². The molecule has 10 heteroatoms. The summed E-state index contributed by atoms with van der Waals surface area (Å²) in [5.74, 6) is -1.16. The first-order valence-electron chi connectivity index (χ1n) is 8.18. The molecule has 0 saturated carbocycles. The number of anilines is 1. The topological polar surface area (TPSA) is 148 Å². The lowest BCUT2D eigenvalue weighted by Gasteiger charge is -2.30. The van der Waals surface area contributed by atoms with Gasteiger partial charge in [0.25, 0.3) is 0 Å². The van der Waals surface area contributed by atoms with E-state index in [1.165, 1.54) is 5.38 Å². The summed E-state index contributed by atoms with van der Waals surface area (Å²) < 4.78 is 0. The van der Waals surface area contributed by atoms with Gasteiger partial charge in [-0.3, -0.25) is 9.89 Å². The molecule has 0 unspecified atom stereocenters. The van der Waals surface area contributed by atoms with Gasteiger partial charge < -0.3 is 10.8 Å². The number of carbonyl (C=O) groups excluding carboxylic acids is 1. The van der Waals surface area contributed by atoms with E-state index in [0.29, 0.717) is 28.5 Å². The lowest BCUT2D eigenvalue weighted by atomic mass is 9.73. The van der Waals surface area contributed by atoms with Crippen molar-refractivity contribution in [2.24, 2.45) is 0 Å². The molecule has 1 aliphatic carbocycles. The molecule has 4 rings (SSSR count). The number of carboxylic acids is 1. The Morgan fingerprint density at radius 2 is 2.11 bits per heavy atom. The van der Waals surface area contributed by atoms with E-state index < -0.39 is 5.97 Å². The average Bonchev–Trinajstić information content (AvgIpc) is 3.23. The van der Waals surface area contributed by atoms with Crippen molar-refractivity contribution in [2.75, 3.05) is 5.73 Å². The number of nitrogens with two attached hydrogens (primary N) is 1. The number of hydrogen-bond acceptors (Lipinski definition) is 8. The third-order valence-corrected chi connectivity index (χ3v) is 5.39. The first-order valence-corrected chi connectivity index (χ1v) is 9.06. The van der Waals surface area contributed by atoms with Crippen LogP contribution < -0.4 is 5.73 Å². The number of H-pyrrole nitrogens is 1. The molecule has 27 heavy (non-hydrogen) atoms. The summed E-state index contributed by atoms with van der Waals surface area (Å²) in [6.07, 6.45) is 2.35. The van der Waals surface area contributed by atoms with Crippen LogP contribution in [0.4, 0.5) is 5.95 Å². The van der Waals surface area contributed by atoms with Crippen molar-refractivity contribution in [1.82, 2.24) is 25.1 Å². The fraction of sp³-hybridized carbons (Fsp3) is 0.294. The van der Waals surface area contributed by atoms with Crippen LogP contribution in [0.2, 0.25) is 0 Å². The Hall–Kier alpha value is -3.14. The molecule has 0 radical (unpaired) electrons. The number of fused-ring (bicyclic) bond motifs is 3. The van der Waals surface area contributed by atoms with Crippen LogP contribution in [0.3, 0.4) is 0 Å². The molecule has 0 atom stereocenters. The highest BCUT2D eigenvalue weighted by atomic mass is 32.1. The van der Waals surface area contributed by atoms with Crippen LogP contribution >= 0.6 is 11.3 Å². The number of carbonyl (C=O) groups is 2. The van der Waals surface area contributed by atoms with Crippen LogP contribution in [-0.2, 0) is 18.3 Å². The average molecular weight is 384 g/mol. The van der Waals surface area contributed by atoms with Crippen LogP contribution in [0.15, 0.2) is 11.6 Å². The number of rotatable bonds is 4. The number of aromatic amines is 1. The Balaban J connectivity index is 1.73. The SMILES string of the molecule is CC1(C)Cc2cnc(N)nc2-c2n[nH]c(C(=O)Cc3nc(C(=O)O)cs3)c21. The number of nitrogens with one attached hydrogen (secondary N) is 1. The molecule has 3 aromatic rings. The lowest BCUT2D eigenvalue weighted by Crippen LogP contribution is -2.28. The standard InChI is InChI=1S/C17H16N6O3S/c1-17(2)4-7-5-19-16(18)21-12(7)14-11(17)13(22-23-14)9(24)3-10-20-8(6-27-10)15(25)26/h5-6H,3-4H2,1-2H3,(H,22,23)(H,25,26)(H2,18,19,21). The lowest BCUT2D eigenvalue weighted by molar-refractivity contribution is 0.0690. The number of ketones is 1. The molecule has 3 heterocycles. The first-order chi connectivity index (χ1) is 12.8. The second kappa shape index (κ2) is 5.95. The Labute approximate surface area is 157 Å². The van der Waals surface area contributed by atoms with E-state index in [0.717, 1.165) is 22.5 Å². The largest absolute Gasteiger partial charge is 0.476 e. The normalized spacial score (nSPS) is 14.4. The molecule has 0 bridgehead atoms. The molecule has 0 aromatic carbocycles. The highest BCUT2D eigenvalue weighted by Crippen LogP contribution is 2.42. The van der Waals surface area contributed by atoms with E-state index in [2.05, 4.69) is 25.1 Å². The van der Waals surface area contributed by atoms with Gasteiger partial charge in [0.15, 0.2) is 11.5 Å². The molecule has 0 aliphatic heterocycles. The first kappa shape index (κ1) is 17.3. The molecule has 9 nitrogen and oxygen atoms in total. The summed E-state index contributed by atoms with van der Waals surface area (Å²) in [5.41, 5.74) is 8.65. The van der Waals surface area contributed by atoms with Gasteiger partial charge in [0.2, 0.25) is 5.95 Å². The second-order valence-corrected chi connectivity index (χ2v) is 7.96. The zero-order chi connectivity index (χ0) is 19.3. The van der Waals surface area contributed by atoms with E-state index in [-0.39, 0.29) is 29.3 Å². The van der Waals surface area contributed by atoms with Gasteiger partial charge in [-0.25, -0.2) is 19.7 Å². The Morgan fingerprint density at radius 3 is 2.81 bits per heavy atom. The maximum Gasteiger partial charge on any atom is 0.355 e. The summed E-state index contributed by atoms with van der Waals surface area (Å²) in [4.78, 5) is 36.2. The second-order valence-electron chi connectivity index (χ2n) is 7.02. The van der Waals surface area contributed by atoms with Gasteiger partial charge in [-0.1, -0.05) is 13.8 Å². The van der Waals surface area contributed by atoms with Crippen LogP contribution in [0.1, 0.15) is 51.0 Å². The molecular formula is C17H16N6O3S. The van der Waals surface area contributed by atoms with Crippen LogP contribution in [0.25, 0.3) is 11.4 Å². The predicted octanol–water partition coefficient (Wildman–Crippen LogP) is 1.86. The number of thiazole rings is 1. The van der Waals surface area contributed by atoms with Gasteiger partial charge in [-0.05, 0) is 17.4 Å². The van der Waals surface area contributed by atoms with Gasteiger partial charge in [-0.15, -0.1) is 11.3 Å². The smallest absolute Gasteiger partial charge is 0.355 e. The molecule has 0 fully saturated rings. The summed E-state index contributed by atoms with van der Waals surface area (Å²) in [6, 6.07) is 0. The molecule has 138 valence electrons. The fourth-order valence-corrected chi connectivity index (χ4v) is 4.18. The third kappa shape index (κ3) is 2.87. The van der Waals surface area contributed by atoms with E-state index in [1.807, 2.05) is 13.8 Å². The van der Waals surface area contributed by atoms with E-state index in [4.69, 9.17) is 10.8 Å².